The number of carbonyl (C=O) groups is 1. The largest absolute Gasteiger partial charge is 0.444 e. The summed E-state index contributed by atoms with van der Waals surface area (Å²) in [5.74, 6) is 0.608. The van der Waals surface area contributed by atoms with Crippen LogP contribution in [0, 0.1) is 12.8 Å². The lowest BCUT2D eigenvalue weighted by Crippen LogP contribution is -2.42. The fourth-order valence-corrected chi connectivity index (χ4v) is 2.53. The number of likely N-dealkylation sites (tertiary alicyclic amines) is 1. The minimum absolute atomic E-state index is 0.163. The summed E-state index contributed by atoms with van der Waals surface area (Å²) < 4.78 is 5.31. The molecule has 1 amide bonds. The summed E-state index contributed by atoms with van der Waals surface area (Å²) in [5, 5.41) is 0. The maximum absolute atomic E-state index is 11.7. The SMILES string of the molecule is C=C.CC1CCCN(C(=O)OC(C)(C)C)C1.CC=Nc1ccccc1C. The number of piperidine rings is 1. The number of carbonyl (C=O) groups excluding carboxylic acids is 1. The summed E-state index contributed by atoms with van der Waals surface area (Å²) in [6.07, 6.45) is 3.96. The molecule has 1 fully saturated rings. The number of ether oxygens (including phenoxy) is 1. The van der Waals surface area contributed by atoms with E-state index in [9.17, 15) is 4.79 Å². The van der Waals surface area contributed by atoms with E-state index in [0.29, 0.717) is 5.92 Å². The first-order valence-corrected chi connectivity index (χ1v) is 9.25. The van der Waals surface area contributed by atoms with Gasteiger partial charge in [0.2, 0.25) is 0 Å². The number of hydrogen-bond donors (Lipinski definition) is 0. The minimum Gasteiger partial charge on any atom is -0.444 e. The third kappa shape index (κ3) is 10.0. The molecule has 0 spiro atoms. The maximum atomic E-state index is 11.7. The predicted molar refractivity (Wildman–Crippen MR) is 112 cm³/mol. The Morgan fingerprint density at radius 1 is 1.31 bits per heavy atom. The average molecular weight is 361 g/mol. The maximum Gasteiger partial charge on any atom is 0.410 e. The van der Waals surface area contributed by atoms with Crippen molar-refractivity contribution in [1.82, 2.24) is 4.90 Å². The van der Waals surface area contributed by atoms with Crippen molar-refractivity contribution in [2.24, 2.45) is 10.9 Å². The normalized spacial score (nSPS) is 16.8. The molecule has 1 aliphatic heterocycles. The highest BCUT2D eigenvalue weighted by atomic mass is 16.6. The van der Waals surface area contributed by atoms with Gasteiger partial charge in [-0.15, -0.1) is 13.2 Å². The lowest BCUT2D eigenvalue weighted by molar-refractivity contribution is 0.0174. The molecule has 0 N–H and O–H groups in total. The van der Waals surface area contributed by atoms with Crippen molar-refractivity contribution in [3.63, 3.8) is 0 Å². The van der Waals surface area contributed by atoms with Crippen LogP contribution < -0.4 is 0 Å². The summed E-state index contributed by atoms with van der Waals surface area (Å²) in [6.45, 7) is 19.5. The molecule has 2 rings (SSSR count). The second-order valence-electron chi connectivity index (χ2n) is 7.35. The molecular weight excluding hydrogens is 324 g/mol. The van der Waals surface area contributed by atoms with Crippen molar-refractivity contribution in [2.45, 2.75) is 60.0 Å². The second kappa shape index (κ2) is 12.3. The van der Waals surface area contributed by atoms with Gasteiger partial charge in [-0.2, -0.15) is 0 Å². The van der Waals surface area contributed by atoms with Crippen molar-refractivity contribution in [2.75, 3.05) is 13.1 Å². The Morgan fingerprint density at radius 2 is 1.92 bits per heavy atom. The molecule has 1 atom stereocenters. The predicted octanol–water partition coefficient (Wildman–Crippen LogP) is 6.17. The van der Waals surface area contributed by atoms with Crippen LogP contribution in [0.15, 0.2) is 42.4 Å². The number of rotatable bonds is 1. The van der Waals surface area contributed by atoms with E-state index in [1.165, 1.54) is 12.0 Å². The molecule has 1 heterocycles. The molecule has 0 radical (unpaired) electrons. The number of aliphatic imine (C=N–C) groups is 1. The van der Waals surface area contributed by atoms with E-state index in [4.69, 9.17) is 4.74 Å². The molecule has 4 nitrogen and oxygen atoms in total. The highest BCUT2D eigenvalue weighted by Crippen LogP contribution is 2.18. The van der Waals surface area contributed by atoms with E-state index < -0.39 is 0 Å². The first-order valence-electron chi connectivity index (χ1n) is 9.25. The summed E-state index contributed by atoms with van der Waals surface area (Å²) in [7, 11) is 0. The number of para-hydroxylation sites is 1. The van der Waals surface area contributed by atoms with Gasteiger partial charge in [0.25, 0.3) is 0 Å². The van der Waals surface area contributed by atoms with E-state index in [2.05, 4.69) is 38.1 Å². The summed E-state index contributed by atoms with van der Waals surface area (Å²) in [6, 6.07) is 8.08. The summed E-state index contributed by atoms with van der Waals surface area (Å²) >= 11 is 0. The van der Waals surface area contributed by atoms with Crippen LogP contribution in [0.4, 0.5) is 10.5 Å². The quantitative estimate of drug-likeness (QED) is 0.444. The van der Waals surface area contributed by atoms with Gasteiger partial charge in [-0.25, -0.2) is 4.79 Å². The first-order chi connectivity index (χ1) is 12.2. The molecule has 1 aromatic carbocycles. The molecule has 1 aromatic rings. The van der Waals surface area contributed by atoms with E-state index >= 15 is 0 Å². The van der Waals surface area contributed by atoms with Crippen LogP contribution in [-0.2, 0) is 4.74 Å². The van der Waals surface area contributed by atoms with E-state index in [0.717, 1.165) is 25.2 Å². The number of amides is 1. The molecule has 1 saturated heterocycles. The molecule has 0 bridgehead atoms. The number of benzene rings is 1. The molecule has 1 aliphatic rings. The van der Waals surface area contributed by atoms with Crippen molar-refractivity contribution in [3.8, 4) is 0 Å². The van der Waals surface area contributed by atoms with Crippen LogP contribution in [0.1, 0.15) is 53.0 Å². The summed E-state index contributed by atoms with van der Waals surface area (Å²) in [4.78, 5) is 17.7. The van der Waals surface area contributed by atoms with Crippen LogP contribution in [-0.4, -0.2) is 35.9 Å². The van der Waals surface area contributed by atoms with Crippen molar-refractivity contribution in [1.29, 1.82) is 0 Å². The Balaban J connectivity index is 0.000000458. The van der Waals surface area contributed by atoms with Crippen molar-refractivity contribution in [3.05, 3.63) is 43.0 Å². The molecule has 0 aromatic heterocycles. The van der Waals surface area contributed by atoms with Crippen LogP contribution in [0.3, 0.4) is 0 Å². The molecule has 1 unspecified atom stereocenters. The zero-order valence-corrected chi connectivity index (χ0v) is 17.4. The molecular formula is C22H36N2O2. The summed E-state index contributed by atoms with van der Waals surface area (Å²) in [5.41, 5.74) is 1.91. The minimum atomic E-state index is -0.377. The van der Waals surface area contributed by atoms with Crippen LogP contribution in [0.5, 0.6) is 0 Å². The van der Waals surface area contributed by atoms with Gasteiger partial charge in [-0.1, -0.05) is 25.1 Å². The third-order valence-corrected chi connectivity index (χ3v) is 3.69. The number of hydrogen-bond acceptors (Lipinski definition) is 3. The molecule has 26 heavy (non-hydrogen) atoms. The molecule has 0 aliphatic carbocycles. The lowest BCUT2D eigenvalue weighted by Gasteiger charge is -2.32. The van der Waals surface area contributed by atoms with E-state index in [1.54, 1.807) is 0 Å². The Morgan fingerprint density at radius 3 is 2.42 bits per heavy atom. The lowest BCUT2D eigenvalue weighted by atomic mass is 10.0. The van der Waals surface area contributed by atoms with Gasteiger partial charge in [0, 0.05) is 19.3 Å². The van der Waals surface area contributed by atoms with Crippen LogP contribution in [0.2, 0.25) is 0 Å². The van der Waals surface area contributed by atoms with Gasteiger partial charge in [-0.05, 0) is 65.0 Å². The molecule has 0 saturated carbocycles. The van der Waals surface area contributed by atoms with Gasteiger partial charge < -0.3 is 9.64 Å². The Kier molecular flexibility index (Phi) is 11.3. The van der Waals surface area contributed by atoms with Gasteiger partial charge in [0.1, 0.15) is 5.60 Å². The van der Waals surface area contributed by atoms with Gasteiger partial charge in [0.15, 0.2) is 0 Å². The standard InChI is InChI=1S/C11H21NO2.C9H11N.C2H4/c1-9-6-5-7-12(8-9)10(13)14-11(2,3)4;1-3-10-9-7-5-4-6-8(9)2;1-2/h9H,5-8H2,1-4H3;3-7H,1-2H3;1-2H2. The number of nitrogens with zero attached hydrogens (tertiary/aromatic N) is 2. The van der Waals surface area contributed by atoms with Crippen molar-refractivity contribution >= 4 is 18.0 Å². The van der Waals surface area contributed by atoms with Gasteiger partial charge in [0.05, 0.1) is 5.69 Å². The fraction of sp³-hybridized carbons (Fsp3) is 0.545. The zero-order chi connectivity index (χ0) is 20.2. The van der Waals surface area contributed by atoms with Crippen molar-refractivity contribution < 1.29 is 9.53 Å². The van der Waals surface area contributed by atoms with E-state index in [-0.39, 0.29) is 11.7 Å². The third-order valence-electron chi connectivity index (χ3n) is 3.69. The highest BCUT2D eigenvalue weighted by molar-refractivity contribution is 5.68. The fourth-order valence-electron chi connectivity index (χ4n) is 2.53. The number of aryl methyl sites for hydroxylation is 1. The zero-order valence-electron chi connectivity index (χ0n) is 17.4. The monoisotopic (exact) mass is 360 g/mol. The topological polar surface area (TPSA) is 41.9 Å². The van der Waals surface area contributed by atoms with Crippen LogP contribution >= 0.6 is 0 Å². The van der Waals surface area contributed by atoms with E-state index in [1.807, 2.05) is 57.0 Å². The van der Waals surface area contributed by atoms with Crippen LogP contribution in [0.25, 0.3) is 0 Å². The Bertz CT molecular complexity index is 562. The van der Waals surface area contributed by atoms with Gasteiger partial charge >= 0.3 is 6.09 Å². The Labute approximate surface area is 160 Å². The Hall–Kier alpha value is -2.10. The average Bonchev–Trinajstić information content (AvgIpc) is 2.58. The first kappa shape index (κ1) is 23.9. The smallest absolute Gasteiger partial charge is 0.410 e. The highest BCUT2D eigenvalue weighted by Gasteiger charge is 2.25. The molecule has 146 valence electrons. The second-order valence-corrected chi connectivity index (χ2v) is 7.35. The molecule has 4 heteroatoms. The van der Waals surface area contributed by atoms with Gasteiger partial charge in [-0.3, -0.25) is 4.99 Å².